The Balaban J connectivity index is 2.15. The molecule has 0 saturated carbocycles. The maximum atomic E-state index is 11.1. The number of rotatable bonds is 7. The summed E-state index contributed by atoms with van der Waals surface area (Å²) in [5, 5.41) is 13.3. The summed E-state index contributed by atoms with van der Waals surface area (Å²) in [5.74, 6) is -0.810. The molecule has 2 rings (SSSR count). The highest BCUT2D eigenvalue weighted by Gasteiger charge is 2.10. The highest BCUT2D eigenvalue weighted by molar-refractivity contribution is 6.33. The quantitative estimate of drug-likeness (QED) is 0.330. The zero-order valence-corrected chi connectivity index (χ0v) is 14.9. The number of carbonyl (C=O) groups excluding carboxylic acids is 1. The normalized spacial score (nSPS) is 10.6. The van der Waals surface area contributed by atoms with Gasteiger partial charge in [-0.15, -0.1) is 0 Å². The smallest absolute Gasteiger partial charge is 0.337 e. The Hall–Kier alpha value is -3.06. The van der Waals surface area contributed by atoms with Crippen LogP contribution in [0.25, 0.3) is 0 Å². The molecule has 0 aromatic heterocycles. The summed E-state index contributed by atoms with van der Waals surface area (Å²) < 4.78 is 10.5. The first-order chi connectivity index (χ1) is 12.4. The van der Waals surface area contributed by atoms with Crippen LogP contribution < -0.4 is 14.9 Å². The second-order valence-electron chi connectivity index (χ2n) is 5.10. The van der Waals surface area contributed by atoms with Crippen molar-refractivity contribution < 1.29 is 24.2 Å². The zero-order valence-electron chi connectivity index (χ0n) is 14.2. The lowest BCUT2D eigenvalue weighted by molar-refractivity contribution is -0.132. The van der Waals surface area contributed by atoms with Gasteiger partial charge in [-0.2, -0.15) is 5.10 Å². The molecule has 0 spiro atoms. The van der Waals surface area contributed by atoms with Crippen LogP contribution in [0.3, 0.4) is 0 Å². The number of esters is 1. The van der Waals surface area contributed by atoms with Gasteiger partial charge in [-0.05, 0) is 48.9 Å². The number of hydrogen-bond acceptors (Lipinski definition) is 6. The number of aromatic carboxylic acids is 1. The average Bonchev–Trinajstić information content (AvgIpc) is 2.58. The molecule has 2 N–H and O–H groups in total. The van der Waals surface area contributed by atoms with E-state index in [4.69, 9.17) is 26.2 Å². The second-order valence-corrected chi connectivity index (χ2v) is 5.51. The number of carbonyl (C=O) groups is 2. The maximum Gasteiger partial charge on any atom is 0.337 e. The van der Waals surface area contributed by atoms with Crippen LogP contribution in [0.4, 0.5) is 5.69 Å². The van der Waals surface area contributed by atoms with E-state index >= 15 is 0 Å². The Labute approximate surface area is 155 Å². The number of nitrogens with zero attached hydrogens (tertiary/aromatic N) is 1. The van der Waals surface area contributed by atoms with Gasteiger partial charge in [0.25, 0.3) is 0 Å². The van der Waals surface area contributed by atoms with Crippen LogP contribution in [0.15, 0.2) is 41.5 Å². The van der Waals surface area contributed by atoms with Gasteiger partial charge in [0.05, 0.1) is 29.1 Å². The van der Waals surface area contributed by atoms with E-state index in [0.29, 0.717) is 29.4 Å². The van der Waals surface area contributed by atoms with Gasteiger partial charge in [0.15, 0.2) is 11.5 Å². The summed E-state index contributed by atoms with van der Waals surface area (Å²) in [6.45, 7) is 3.54. The summed E-state index contributed by atoms with van der Waals surface area (Å²) in [4.78, 5) is 22.2. The Kier molecular flexibility index (Phi) is 6.57. The predicted molar refractivity (Wildman–Crippen MR) is 98.5 cm³/mol. The lowest BCUT2D eigenvalue weighted by Crippen LogP contribution is -2.04. The number of benzene rings is 2. The molecule has 0 aliphatic heterocycles. The van der Waals surface area contributed by atoms with Gasteiger partial charge in [0, 0.05) is 6.92 Å². The van der Waals surface area contributed by atoms with Gasteiger partial charge < -0.3 is 14.6 Å². The van der Waals surface area contributed by atoms with E-state index in [1.54, 1.807) is 24.3 Å². The molecule has 0 amide bonds. The van der Waals surface area contributed by atoms with E-state index in [2.05, 4.69) is 10.5 Å². The van der Waals surface area contributed by atoms with Crippen molar-refractivity contribution in [2.24, 2.45) is 5.10 Å². The number of hydrogen-bond donors (Lipinski definition) is 2. The third-order valence-electron chi connectivity index (χ3n) is 3.13. The minimum absolute atomic E-state index is 0.0174. The van der Waals surface area contributed by atoms with Crippen molar-refractivity contribution in [2.45, 2.75) is 13.8 Å². The Morgan fingerprint density at radius 1 is 1.23 bits per heavy atom. The summed E-state index contributed by atoms with van der Waals surface area (Å²) in [6.07, 6.45) is 1.52. The van der Waals surface area contributed by atoms with Crippen LogP contribution in [0.1, 0.15) is 29.8 Å². The van der Waals surface area contributed by atoms with E-state index in [1.165, 1.54) is 25.3 Å². The standard InChI is InChI=1S/C18H17ClN2O5/c1-3-25-17-8-12(4-7-16(17)26-11(2)22)10-20-21-13-5-6-15(19)14(9-13)18(23)24/h4-10,21H,3H2,1-2H3,(H,23,24). The first kappa shape index (κ1) is 19.3. The van der Waals surface area contributed by atoms with Crippen molar-refractivity contribution in [3.63, 3.8) is 0 Å². The SMILES string of the molecule is CCOc1cc(C=NNc2ccc(Cl)c(C(=O)O)c2)ccc1OC(C)=O. The molecule has 0 aliphatic carbocycles. The van der Waals surface area contributed by atoms with Gasteiger partial charge in [-0.1, -0.05) is 11.6 Å². The zero-order chi connectivity index (χ0) is 19.1. The molecule has 2 aromatic carbocycles. The summed E-state index contributed by atoms with van der Waals surface area (Å²) >= 11 is 5.82. The van der Waals surface area contributed by atoms with E-state index in [9.17, 15) is 9.59 Å². The van der Waals surface area contributed by atoms with E-state index < -0.39 is 11.9 Å². The van der Waals surface area contributed by atoms with Crippen molar-refractivity contribution >= 4 is 35.4 Å². The highest BCUT2D eigenvalue weighted by Crippen LogP contribution is 2.28. The number of ether oxygens (including phenoxy) is 2. The average molecular weight is 377 g/mol. The fraction of sp³-hybridized carbons (Fsp3) is 0.167. The Bertz CT molecular complexity index is 851. The summed E-state index contributed by atoms with van der Waals surface area (Å²) in [6, 6.07) is 9.47. The second kappa shape index (κ2) is 8.87. The van der Waals surface area contributed by atoms with Gasteiger partial charge in [0.2, 0.25) is 0 Å². The molecule has 136 valence electrons. The number of nitrogens with one attached hydrogen (secondary N) is 1. The van der Waals surface area contributed by atoms with E-state index in [0.717, 1.165) is 0 Å². The molecular weight excluding hydrogens is 360 g/mol. The number of anilines is 1. The van der Waals surface area contributed by atoms with Crippen molar-refractivity contribution in [1.29, 1.82) is 0 Å². The molecule has 0 bridgehead atoms. The summed E-state index contributed by atoms with van der Waals surface area (Å²) in [5.41, 5.74) is 3.89. The maximum absolute atomic E-state index is 11.1. The van der Waals surface area contributed by atoms with Crippen LogP contribution in [0.5, 0.6) is 11.5 Å². The van der Waals surface area contributed by atoms with Gasteiger partial charge in [0.1, 0.15) is 0 Å². The first-order valence-corrected chi connectivity index (χ1v) is 8.05. The van der Waals surface area contributed by atoms with Crippen molar-refractivity contribution in [3.05, 3.63) is 52.5 Å². The highest BCUT2D eigenvalue weighted by atomic mass is 35.5. The molecule has 26 heavy (non-hydrogen) atoms. The topological polar surface area (TPSA) is 97.2 Å². The van der Waals surface area contributed by atoms with Crippen LogP contribution in [-0.2, 0) is 4.79 Å². The number of halogens is 1. The predicted octanol–water partition coefficient (Wildman–Crippen LogP) is 3.81. The van der Waals surface area contributed by atoms with Gasteiger partial charge in [-0.3, -0.25) is 10.2 Å². The van der Waals surface area contributed by atoms with Crippen molar-refractivity contribution in [3.8, 4) is 11.5 Å². The fourth-order valence-corrected chi connectivity index (χ4v) is 2.25. The third kappa shape index (κ3) is 5.22. The lowest BCUT2D eigenvalue weighted by atomic mass is 10.2. The molecule has 0 heterocycles. The molecule has 0 fully saturated rings. The monoisotopic (exact) mass is 376 g/mol. The van der Waals surface area contributed by atoms with E-state index in [1.807, 2.05) is 6.92 Å². The molecule has 8 heteroatoms. The molecule has 7 nitrogen and oxygen atoms in total. The number of hydrazone groups is 1. The lowest BCUT2D eigenvalue weighted by Gasteiger charge is -2.10. The number of carboxylic acids is 1. The molecule has 0 radical (unpaired) electrons. The molecule has 0 saturated heterocycles. The molecule has 0 aliphatic rings. The molecule has 2 aromatic rings. The van der Waals surface area contributed by atoms with Crippen LogP contribution in [0.2, 0.25) is 5.02 Å². The molecule has 0 unspecified atom stereocenters. The Morgan fingerprint density at radius 2 is 2.00 bits per heavy atom. The summed E-state index contributed by atoms with van der Waals surface area (Å²) in [7, 11) is 0. The minimum atomic E-state index is -1.12. The fourth-order valence-electron chi connectivity index (χ4n) is 2.05. The van der Waals surface area contributed by atoms with Crippen LogP contribution >= 0.6 is 11.6 Å². The van der Waals surface area contributed by atoms with E-state index in [-0.39, 0.29) is 10.6 Å². The van der Waals surface area contributed by atoms with Crippen LogP contribution in [0, 0.1) is 0 Å². The molecule has 0 atom stereocenters. The van der Waals surface area contributed by atoms with Gasteiger partial charge in [-0.25, -0.2) is 4.79 Å². The first-order valence-electron chi connectivity index (χ1n) is 7.68. The third-order valence-corrected chi connectivity index (χ3v) is 3.45. The number of carboxylic acid groups (broad SMARTS) is 1. The van der Waals surface area contributed by atoms with Crippen LogP contribution in [-0.4, -0.2) is 29.9 Å². The van der Waals surface area contributed by atoms with Crippen molar-refractivity contribution in [1.82, 2.24) is 0 Å². The van der Waals surface area contributed by atoms with Crippen molar-refractivity contribution in [2.75, 3.05) is 12.0 Å². The Morgan fingerprint density at radius 3 is 2.65 bits per heavy atom. The molecular formula is C18H17ClN2O5. The van der Waals surface area contributed by atoms with Gasteiger partial charge >= 0.3 is 11.9 Å². The minimum Gasteiger partial charge on any atom is -0.490 e. The largest absolute Gasteiger partial charge is 0.490 e.